The van der Waals surface area contributed by atoms with Crippen molar-refractivity contribution >= 4 is 21.4 Å². The molecule has 0 fully saturated rings. The molecule has 1 aromatic heterocycles. The van der Waals surface area contributed by atoms with Crippen LogP contribution in [0.25, 0.3) is 0 Å². The van der Waals surface area contributed by atoms with Crippen molar-refractivity contribution in [2.75, 3.05) is 7.05 Å². The lowest BCUT2D eigenvalue weighted by molar-refractivity contribution is 0.281. The molecule has 0 amide bonds. The largest absolute Gasteiger partial charge is 0.392 e. The number of aliphatic hydroxyl groups excluding tert-OH is 1. The fourth-order valence-corrected chi connectivity index (χ4v) is 3.59. The number of aryl methyl sites for hydroxylation is 1. The number of benzene rings is 1. The maximum Gasteiger partial charge on any atom is 0.243 e. The average Bonchev–Trinajstić information content (AvgIpc) is 2.84. The lowest BCUT2D eigenvalue weighted by Crippen LogP contribution is -2.26. The summed E-state index contributed by atoms with van der Waals surface area (Å²) >= 11 is 1.49. The SMILES string of the molecule is Cc1nc(CN(C)S(=O)(=O)c2cccc(CO)c2)cs1. The van der Waals surface area contributed by atoms with Gasteiger partial charge in [0.2, 0.25) is 10.0 Å². The number of rotatable bonds is 5. The molecule has 0 aliphatic rings. The van der Waals surface area contributed by atoms with E-state index in [2.05, 4.69) is 4.98 Å². The summed E-state index contributed by atoms with van der Waals surface area (Å²) in [6, 6.07) is 6.32. The van der Waals surface area contributed by atoms with Crippen molar-refractivity contribution in [1.82, 2.24) is 9.29 Å². The third kappa shape index (κ3) is 3.24. The molecule has 2 aromatic rings. The van der Waals surface area contributed by atoms with Gasteiger partial charge < -0.3 is 5.11 Å². The molecule has 108 valence electrons. The highest BCUT2D eigenvalue weighted by Crippen LogP contribution is 2.19. The molecule has 0 aliphatic carbocycles. The molecule has 7 heteroatoms. The van der Waals surface area contributed by atoms with Gasteiger partial charge in [0.05, 0.1) is 28.7 Å². The van der Waals surface area contributed by atoms with Crippen LogP contribution in [0, 0.1) is 6.92 Å². The minimum atomic E-state index is -3.57. The van der Waals surface area contributed by atoms with Gasteiger partial charge in [-0.15, -0.1) is 11.3 Å². The van der Waals surface area contributed by atoms with Gasteiger partial charge in [0.15, 0.2) is 0 Å². The Bertz CT molecular complexity index is 695. The van der Waals surface area contributed by atoms with Crippen LogP contribution in [0.4, 0.5) is 0 Å². The van der Waals surface area contributed by atoms with Crippen LogP contribution in [0.5, 0.6) is 0 Å². The third-order valence-corrected chi connectivity index (χ3v) is 5.46. The normalized spacial score (nSPS) is 12.0. The van der Waals surface area contributed by atoms with E-state index in [0.29, 0.717) is 5.56 Å². The van der Waals surface area contributed by atoms with Crippen molar-refractivity contribution < 1.29 is 13.5 Å². The first kappa shape index (κ1) is 15.1. The van der Waals surface area contributed by atoms with Crippen LogP contribution in [0.1, 0.15) is 16.3 Å². The van der Waals surface area contributed by atoms with Crippen LogP contribution in [-0.4, -0.2) is 29.9 Å². The topological polar surface area (TPSA) is 70.5 Å². The van der Waals surface area contributed by atoms with E-state index >= 15 is 0 Å². The smallest absolute Gasteiger partial charge is 0.243 e. The second kappa shape index (κ2) is 6.01. The van der Waals surface area contributed by atoms with Crippen molar-refractivity contribution in [2.24, 2.45) is 0 Å². The van der Waals surface area contributed by atoms with Crippen molar-refractivity contribution in [1.29, 1.82) is 0 Å². The summed E-state index contributed by atoms with van der Waals surface area (Å²) in [5.41, 5.74) is 1.31. The summed E-state index contributed by atoms with van der Waals surface area (Å²) in [4.78, 5) is 4.44. The molecule has 20 heavy (non-hydrogen) atoms. The monoisotopic (exact) mass is 312 g/mol. The summed E-state index contributed by atoms with van der Waals surface area (Å²) in [5, 5.41) is 11.9. The summed E-state index contributed by atoms with van der Waals surface area (Å²) in [7, 11) is -2.05. The van der Waals surface area contributed by atoms with Gasteiger partial charge in [-0.25, -0.2) is 13.4 Å². The molecule has 1 heterocycles. The standard InChI is InChI=1S/C13H16N2O3S2/c1-10-14-12(9-19-10)7-15(2)20(17,18)13-5-3-4-11(6-13)8-16/h3-6,9,16H,7-8H2,1-2H3. The zero-order valence-electron chi connectivity index (χ0n) is 11.3. The van der Waals surface area contributed by atoms with Gasteiger partial charge >= 0.3 is 0 Å². The molecule has 0 atom stereocenters. The van der Waals surface area contributed by atoms with E-state index in [0.717, 1.165) is 10.7 Å². The van der Waals surface area contributed by atoms with E-state index in [4.69, 9.17) is 5.11 Å². The molecule has 0 bridgehead atoms. The molecule has 1 aromatic carbocycles. The molecule has 0 radical (unpaired) electrons. The van der Waals surface area contributed by atoms with Crippen LogP contribution in [0.15, 0.2) is 34.5 Å². The Morgan fingerprint density at radius 1 is 1.40 bits per heavy atom. The lowest BCUT2D eigenvalue weighted by Gasteiger charge is -2.16. The van der Waals surface area contributed by atoms with Crippen LogP contribution in [0.2, 0.25) is 0 Å². The number of hydrogen-bond donors (Lipinski definition) is 1. The second-order valence-electron chi connectivity index (χ2n) is 4.42. The highest BCUT2D eigenvalue weighted by molar-refractivity contribution is 7.89. The first-order chi connectivity index (χ1) is 9.43. The van der Waals surface area contributed by atoms with Gasteiger partial charge in [-0.2, -0.15) is 4.31 Å². The van der Waals surface area contributed by atoms with E-state index in [-0.39, 0.29) is 18.0 Å². The van der Waals surface area contributed by atoms with E-state index in [1.54, 1.807) is 12.1 Å². The Kier molecular flexibility index (Phi) is 4.54. The third-order valence-electron chi connectivity index (χ3n) is 2.84. The second-order valence-corrected chi connectivity index (χ2v) is 7.53. The van der Waals surface area contributed by atoms with E-state index in [1.165, 1.54) is 34.8 Å². The average molecular weight is 312 g/mol. The fraction of sp³-hybridized carbons (Fsp3) is 0.308. The molecule has 0 spiro atoms. The maximum absolute atomic E-state index is 12.4. The van der Waals surface area contributed by atoms with Crippen molar-refractivity contribution in [3.63, 3.8) is 0 Å². The molecule has 0 unspecified atom stereocenters. The first-order valence-electron chi connectivity index (χ1n) is 6.00. The zero-order chi connectivity index (χ0) is 14.8. The number of sulfonamides is 1. The van der Waals surface area contributed by atoms with Gasteiger partial charge in [-0.3, -0.25) is 0 Å². The molecule has 2 rings (SSSR count). The van der Waals surface area contributed by atoms with Crippen molar-refractivity contribution in [3.05, 3.63) is 45.9 Å². The molecular weight excluding hydrogens is 296 g/mol. The van der Waals surface area contributed by atoms with Gasteiger partial charge in [0.1, 0.15) is 0 Å². The molecule has 5 nitrogen and oxygen atoms in total. The zero-order valence-corrected chi connectivity index (χ0v) is 12.9. The number of thiazole rings is 1. The molecule has 0 aliphatic heterocycles. The van der Waals surface area contributed by atoms with Gasteiger partial charge in [0, 0.05) is 12.4 Å². The van der Waals surface area contributed by atoms with Crippen LogP contribution >= 0.6 is 11.3 Å². The number of hydrogen-bond acceptors (Lipinski definition) is 5. The summed E-state index contributed by atoms with van der Waals surface area (Å²) in [6.07, 6.45) is 0. The quantitative estimate of drug-likeness (QED) is 0.913. The van der Waals surface area contributed by atoms with Gasteiger partial charge in [-0.05, 0) is 24.6 Å². The predicted molar refractivity (Wildman–Crippen MR) is 77.9 cm³/mol. The minimum absolute atomic E-state index is 0.179. The van der Waals surface area contributed by atoms with Gasteiger partial charge in [-0.1, -0.05) is 12.1 Å². The fourth-order valence-electron chi connectivity index (χ4n) is 1.78. The minimum Gasteiger partial charge on any atom is -0.392 e. The van der Waals surface area contributed by atoms with Crippen molar-refractivity contribution in [3.8, 4) is 0 Å². The Hall–Kier alpha value is -1.28. The number of nitrogens with zero attached hydrogens (tertiary/aromatic N) is 2. The summed E-state index contributed by atoms with van der Waals surface area (Å²) < 4.78 is 26.1. The van der Waals surface area contributed by atoms with Crippen molar-refractivity contribution in [2.45, 2.75) is 25.0 Å². The van der Waals surface area contributed by atoms with Crippen LogP contribution in [-0.2, 0) is 23.2 Å². The Balaban J connectivity index is 2.24. The van der Waals surface area contributed by atoms with Crippen LogP contribution in [0.3, 0.4) is 0 Å². The summed E-state index contributed by atoms with van der Waals surface area (Å²) in [6.45, 7) is 1.93. The number of aromatic nitrogens is 1. The lowest BCUT2D eigenvalue weighted by atomic mass is 10.2. The highest BCUT2D eigenvalue weighted by atomic mass is 32.2. The Labute approximate surface area is 122 Å². The maximum atomic E-state index is 12.4. The number of aliphatic hydroxyl groups is 1. The van der Waals surface area contributed by atoms with E-state index < -0.39 is 10.0 Å². The molecule has 1 N–H and O–H groups in total. The van der Waals surface area contributed by atoms with E-state index in [1.807, 2.05) is 12.3 Å². The Morgan fingerprint density at radius 3 is 2.75 bits per heavy atom. The molecule has 0 saturated heterocycles. The van der Waals surface area contributed by atoms with Crippen LogP contribution < -0.4 is 0 Å². The first-order valence-corrected chi connectivity index (χ1v) is 8.32. The van der Waals surface area contributed by atoms with E-state index in [9.17, 15) is 8.42 Å². The Morgan fingerprint density at radius 2 is 2.15 bits per heavy atom. The predicted octanol–water partition coefficient (Wildman–Crippen LogP) is 1.76. The molecule has 0 saturated carbocycles. The highest BCUT2D eigenvalue weighted by Gasteiger charge is 2.21. The summed E-state index contributed by atoms with van der Waals surface area (Å²) in [5.74, 6) is 0. The molecular formula is C13H16N2O3S2. The van der Waals surface area contributed by atoms with Gasteiger partial charge in [0.25, 0.3) is 0 Å².